The molecule has 0 atom stereocenters. The molecular formula is C23H16ClF2N7. The lowest BCUT2D eigenvalue weighted by atomic mass is 10.0. The maximum atomic E-state index is 14.5. The van der Waals surface area contributed by atoms with E-state index >= 15 is 0 Å². The van der Waals surface area contributed by atoms with Gasteiger partial charge in [-0.25, -0.2) is 18.7 Å². The summed E-state index contributed by atoms with van der Waals surface area (Å²) < 4.78 is 30.3. The van der Waals surface area contributed by atoms with Gasteiger partial charge in [0.25, 0.3) is 0 Å². The van der Waals surface area contributed by atoms with Gasteiger partial charge < -0.3 is 9.88 Å². The van der Waals surface area contributed by atoms with Crippen LogP contribution in [0, 0.1) is 11.6 Å². The molecule has 0 spiro atoms. The number of rotatable bonds is 3. The molecule has 0 fully saturated rings. The molecule has 7 nitrogen and oxygen atoms in total. The second-order valence-corrected chi connectivity index (χ2v) is 8.16. The van der Waals surface area contributed by atoms with E-state index in [4.69, 9.17) is 16.6 Å². The molecule has 164 valence electrons. The van der Waals surface area contributed by atoms with E-state index in [-0.39, 0.29) is 10.6 Å². The lowest BCUT2D eigenvalue weighted by molar-refractivity contribution is 0.519. The summed E-state index contributed by atoms with van der Waals surface area (Å²) in [6.07, 6.45) is 5.28. The van der Waals surface area contributed by atoms with E-state index in [9.17, 15) is 8.78 Å². The number of aromatic amines is 1. The van der Waals surface area contributed by atoms with Crippen molar-refractivity contribution >= 4 is 22.6 Å². The van der Waals surface area contributed by atoms with Gasteiger partial charge in [0, 0.05) is 54.8 Å². The first-order chi connectivity index (χ1) is 16.1. The Hall–Kier alpha value is -3.69. The lowest BCUT2D eigenvalue weighted by Gasteiger charge is -2.17. The van der Waals surface area contributed by atoms with E-state index in [0.29, 0.717) is 22.5 Å². The number of hydrogen-bond donors (Lipinski definition) is 2. The SMILES string of the molecule is Fc1cc(F)c(-c2n[nH]cc2-c2ccc3ncc(-c4ncc5n4CCNC5)cc3n2)cc1Cl. The van der Waals surface area contributed by atoms with Crippen LogP contribution in [0.4, 0.5) is 8.78 Å². The quantitative estimate of drug-likeness (QED) is 0.382. The third kappa shape index (κ3) is 3.37. The molecule has 2 N–H and O–H groups in total. The highest BCUT2D eigenvalue weighted by Crippen LogP contribution is 2.34. The summed E-state index contributed by atoms with van der Waals surface area (Å²) in [7, 11) is 0. The molecule has 0 radical (unpaired) electrons. The molecule has 0 bridgehead atoms. The van der Waals surface area contributed by atoms with Crippen molar-refractivity contribution in [3.63, 3.8) is 0 Å². The van der Waals surface area contributed by atoms with Gasteiger partial charge >= 0.3 is 0 Å². The van der Waals surface area contributed by atoms with Crippen LogP contribution in [-0.2, 0) is 13.1 Å². The van der Waals surface area contributed by atoms with Crippen LogP contribution in [0.25, 0.3) is 44.9 Å². The van der Waals surface area contributed by atoms with Gasteiger partial charge in [-0.15, -0.1) is 0 Å². The van der Waals surface area contributed by atoms with E-state index in [1.807, 2.05) is 18.3 Å². The summed E-state index contributed by atoms with van der Waals surface area (Å²) in [6.45, 7) is 2.50. The molecule has 5 heterocycles. The molecule has 6 rings (SSSR count). The fourth-order valence-electron chi connectivity index (χ4n) is 4.11. The first-order valence-electron chi connectivity index (χ1n) is 10.3. The summed E-state index contributed by atoms with van der Waals surface area (Å²) in [6, 6.07) is 7.55. The molecule has 1 aliphatic rings. The first kappa shape index (κ1) is 20.0. The van der Waals surface area contributed by atoms with Crippen LogP contribution in [0.2, 0.25) is 5.02 Å². The van der Waals surface area contributed by atoms with Crippen LogP contribution < -0.4 is 5.32 Å². The van der Waals surface area contributed by atoms with Gasteiger partial charge in [-0.3, -0.25) is 10.1 Å². The van der Waals surface area contributed by atoms with Crippen molar-refractivity contribution in [3.05, 3.63) is 71.3 Å². The van der Waals surface area contributed by atoms with E-state index in [1.54, 1.807) is 18.5 Å². The maximum Gasteiger partial charge on any atom is 0.144 e. The van der Waals surface area contributed by atoms with Crippen LogP contribution in [0.1, 0.15) is 5.69 Å². The van der Waals surface area contributed by atoms with Crippen LogP contribution in [0.5, 0.6) is 0 Å². The number of halogens is 3. The van der Waals surface area contributed by atoms with Crippen molar-refractivity contribution in [2.24, 2.45) is 0 Å². The number of pyridine rings is 2. The molecule has 0 unspecified atom stereocenters. The van der Waals surface area contributed by atoms with Gasteiger partial charge in [0.2, 0.25) is 0 Å². The minimum Gasteiger partial charge on any atom is -0.326 e. The van der Waals surface area contributed by atoms with Crippen molar-refractivity contribution in [2.75, 3.05) is 6.54 Å². The Morgan fingerprint density at radius 2 is 1.88 bits per heavy atom. The minimum atomic E-state index is -0.825. The van der Waals surface area contributed by atoms with Gasteiger partial charge in [0.1, 0.15) is 23.2 Å². The van der Waals surface area contributed by atoms with Crippen LogP contribution in [0.3, 0.4) is 0 Å². The Morgan fingerprint density at radius 1 is 0.970 bits per heavy atom. The highest BCUT2D eigenvalue weighted by atomic mass is 35.5. The second-order valence-electron chi connectivity index (χ2n) is 7.75. The largest absolute Gasteiger partial charge is 0.326 e. The third-order valence-corrected chi connectivity index (χ3v) is 6.02. The normalized spacial score (nSPS) is 13.4. The number of nitrogens with one attached hydrogen (secondary N) is 2. The number of H-pyrrole nitrogens is 1. The molecule has 1 aromatic carbocycles. The Balaban J connectivity index is 1.45. The fraction of sp³-hybridized carbons (Fsp3) is 0.130. The number of aromatic nitrogens is 6. The zero-order valence-corrected chi connectivity index (χ0v) is 17.9. The Morgan fingerprint density at radius 3 is 2.79 bits per heavy atom. The zero-order chi connectivity index (χ0) is 22.5. The molecule has 0 aliphatic carbocycles. The Bertz CT molecular complexity index is 1530. The molecule has 1 aliphatic heterocycles. The summed E-state index contributed by atoms with van der Waals surface area (Å²) in [4.78, 5) is 13.9. The number of benzene rings is 1. The number of hydrogen-bond acceptors (Lipinski definition) is 5. The average Bonchev–Trinajstić information content (AvgIpc) is 3.48. The van der Waals surface area contributed by atoms with Crippen LogP contribution in [-0.4, -0.2) is 36.3 Å². The van der Waals surface area contributed by atoms with Crippen molar-refractivity contribution < 1.29 is 8.78 Å². The predicted octanol–water partition coefficient (Wildman–Crippen LogP) is 4.59. The lowest BCUT2D eigenvalue weighted by Crippen LogP contribution is -2.27. The molecule has 0 saturated carbocycles. The van der Waals surface area contributed by atoms with Crippen molar-refractivity contribution in [3.8, 4) is 33.9 Å². The van der Waals surface area contributed by atoms with Gasteiger partial charge in [-0.2, -0.15) is 5.10 Å². The molecule has 0 saturated heterocycles. The standard InChI is InChI=1S/C23H16ClF2N7/c24-16-6-14(17(25)7-18(16)26)22-15(11-30-32-22)19-1-2-20-21(31-19)5-12(8-28-20)23-29-10-13-9-27-3-4-33(13)23/h1-2,5-8,10-11,27H,3-4,9H2,(H,30,32). The predicted molar refractivity (Wildman–Crippen MR) is 120 cm³/mol. The van der Waals surface area contributed by atoms with Gasteiger partial charge in [0.05, 0.1) is 33.6 Å². The smallest absolute Gasteiger partial charge is 0.144 e. The molecule has 0 amide bonds. The van der Waals surface area contributed by atoms with Crippen molar-refractivity contribution in [1.82, 2.24) is 35.0 Å². The average molecular weight is 464 g/mol. The highest BCUT2D eigenvalue weighted by molar-refractivity contribution is 6.31. The number of imidazole rings is 1. The van der Waals surface area contributed by atoms with Crippen LogP contribution in [0.15, 0.2) is 48.9 Å². The van der Waals surface area contributed by atoms with Gasteiger partial charge in [-0.05, 0) is 24.3 Å². The zero-order valence-electron chi connectivity index (χ0n) is 17.1. The maximum absolute atomic E-state index is 14.5. The first-order valence-corrected chi connectivity index (χ1v) is 10.7. The molecular weight excluding hydrogens is 448 g/mol. The summed E-state index contributed by atoms with van der Waals surface area (Å²) in [5.41, 5.74) is 4.89. The second kappa shape index (κ2) is 7.72. The molecule has 5 aromatic rings. The van der Waals surface area contributed by atoms with E-state index in [0.717, 1.165) is 48.3 Å². The Kier molecular flexibility index (Phi) is 4.67. The van der Waals surface area contributed by atoms with Gasteiger partial charge in [-0.1, -0.05) is 11.6 Å². The molecule has 4 aromatic heterocycles. The number of nitrogens with zero attached hydrogens (tertiary/aromatic N) is 5. The van der Waals surface area contributed by atoms with Gasteiger partial charge in [0.15, 0.2) is 0 Å². The minimum absolute atomic E-state index is 0.0871. The van der Waals surface area contributed by atoms with E-state index < -0.39 is 11.6 Å². The Labute approximate surface area is 191 Å². The van der Waals surface area contributed by atoms with Crippen molar-refractivity contribution in [1.29, 1.82) is 0 Å². The molecule has 10 heteroatoms. The monoisotopic (exact) mass is 463 g/mol. The highest BCUT2D eigenvalue weighted by Gasteiger charge is 2.19. The topological polar surface area (TPSA) is 84.3 Å². The van der Waals surface area contributed by atoms with Crippen molar-refractivity contribution in [2.45, 2.75) is 13.1 Å². The van der Waals surface area contributed by atoms with Crippen LogP contribution >= 0.6 is 11.6 Å². The third-order valence-electron chi connectivity index (χ3n) is 5.73. The molecule has 33 heavy (non-hydrogen) atoms. The summed E-state index contributed by atoms with van der Waals surface area (Å²) in [5.74, 6) is -0.733. The van der Waals surface area contributed by atoms with E-state index in [2.05, 4.69) is 30.0 Å². The summed E-state index contributed by atoms with van der Waals surface area (Å²) in [5, 5.41) is 10.1. The summed E-state index contributed by atoms with van der Waals surface area (Å²) >= 11 is 5.88. The van der Waals surface area contributed by atoms with E-state index in [1.165, 1.54) is 6.07 Å². The fourth-order valence-corrected chi connectivity index (χ4v) is 4.28. The number of fused-ring (bicyclic) bond motifs is 2.